The third kappa shape index (κ3) is 3.94. The Balaban J connectivity index is 2.00. The number of carbonyl (C=O) groups is 3. The van der Waals surface area contributed by atoms with Crippen molar-refractivity contribution in [3.63, 3.8) is 0 Å². The minimum Gasteiger partial charge on any atom is -0.353 e. The van der Waals surface area contributed by atoms with Gasteiger partial charge in [0.1, 0.15) is 6.04 Å². The van der Waals surface area contributed by atoms with Crippen LogP contribution in [0.1, 0.15) is 19.4 Å². The molecule has 1 aromatic carbocycles. The molecule has 1 heterocycles. The zero-order chi connectivity index (χ0) is 16.1. The SMILES string of the molecule is CC(=O)Nc1ccc(/C=C/C(=O)N2CCNC(=O)C2C)cc1. The highest BCUT2D eigenvalue weighted by Gasteiger charge is 2.27. The number of amides is 3. The summed E-state index contributed by atoms with van der Waals surface area (Å²) in [7, 11) is 0. The first-order chi connectivity index (χ1) is 10.5. The number of nitrogens with one attached hydrogen (secondary N) is 2. The molecule has 1 unspecified atom stereocenters. The van der Waals surface area contributed by atoms with E-state index in [2.05, 4.69) is 10.6 Å². The van der Waals surface area contributed by atoms with Crippen LogP contribution in [0.5, 0.6) is 0 Å². The molecule has 6 nitrogen and oxygen atoms in total. The highest BCUT2D eigenvalue weighted by atomic mass is 16.2. The fourth-order valence-electron chi connectivity index (χ4n) is 2.23. The molecule has 2 N–H and O–H groups in total. The van der Waals surface area contributed by atoms with Crippen LogP contribution in [0.3, 0.4) is 0 Å². The lowest BCUT2D eigenvalue weighted by molar-refractivity contribution is -0.139. The van der Waals surface area contributed by atoms with Crippen molar-refractivity contribution >= 4 is 29.5 Å². The summed E-state index contributed by atoms with van der Waals surface area (Å²) in [5, 5.41) is 5.40. The normalized spacial score (nSPS) is 18.2. The standard InChI is InChI=1S/C16H19N3O3/c1-11-16(22)17-9-10-19(11)15(21)8-5-13-3-6-14(7-4-13)18-12(2)20/h3-8,11H,9-10H2,1-2H3,(H,17,22)(H,18,20)/b8-5+. The third-order valence-electron chi connectivity index (χ3n) is 3.43. The Hall–Kier alpha value is -2.63. The number of anilines is 1. The average Bonchev–Trinajstić information content (AvgIpc) is 2.48. The molecule has 0 bridgehead atoms. The fraction of sp³-hybridized carbons (Fsp3) is 0.312. The van der Waals surface area contributed by atoms with Crippen molar-refractivity contribution < 1.29 is 14.4 Å². The highest BCUT2D eigenvalue weighted by Crippen LogP contribution is 2.12. The van der Waals surface area contributed by atoms with Crippen molar-refractivity contribution in [1.82, 2.24) is 10.2 Å². The van der Waals surface area contributed by atoms with Gasteiger partial charge >= 0.3 is 0 Å². The molecule has 0 aliphatic carbocycles. The van der Waals surface area contributed by atoms with Gasteiger partial charge in [-0.1, -0.05) is 12.1 Å². The Bertz CT molecular complexity index is 608. The van der Waals surface area contributed by atoms with E-state index >= 15 is 0 Å². The zero-order valence-electron chi connectivity index (χ0n) is 12.6. The molecule has 116 valence electrons. The van der Waals surface area contributed by atoms with E-state index in [1.54, 1.807) is 42.2 Å². The first-order valence-electron chi connectivity index (χ1n) is 7.11. The maximum absolute atomic E-state index is 12.1. The molecule has 1 atom stereocenters. The molecule has 0 aromatic heterocycles. The number of carbonyl (C=O) groups excluding carboxylic acids is 3. The van der Waals surface area contributed by atoms with Crippen molar-refractivity contribution in [3.05, 3.63) is 35.9 Å². The Morgan fingerprint density at radius 3 is 2.64 bits per heavy atom. The van der Waals surface area contributed by atoms with Gasteiger partial charge in [0.05, 0.1) is 0 Å². The van der Waals surface area contributed by atoms with E-state index < -0.39 is 6.04 Å². The van der Waals surface area contributed by atoms with Gasteiger partial charge in [-0.15, -0.1) is 0 Å². The van der Waals surface area contributed by atoms with Gasteiger partial charge in [-0.25, -0.2) is 0 Å². The summed E-state index contributed by atoms with van der Waals surface area (Å²) in [6, 6.07) is 6.70. The minimum absolute atomic E-state index is 0.129. The Labute approximate surface area is 129 Å². The molecular formula is C16H19N3O3. The minimum atomic E-state index is -0.451. The quantitative estimate of drug-likeness (QED) is 0.818. The first kappa shape index (κ1) is 15.8. The van der Waals surface area contributed by atoms with E-state index in [1.807, 2.05) is 0 Å². The van der Waals surface area contributed by atoms with Crippen molar-refractivity contribution in [2.75, 3.05) is 18.4 Å². The molecule has 2 rings (SSSR count). The smallest absolute Gasteiger partial charge is 0.247 e. The van der Waals surface area contributed by atoms with Crippen molar-refractivity contribution in [1.29, 1.82) is 0 Å². The van der Waals surface area contributed by atoms with Gasteiger partial charge in [0.25, 0.3) is 0 Å². The number of nitrogens with zero attached hydrogens (tertiary/aromatic N) is 1. The van der Waals surface area contributed by atoms with Crippen molar-refractivity contribution in [2.45, 2.75) is 19.9 Å². The van der Waals surface area contributed by atoms with Crippen LogP contribution in [-0.2, 0) is 14.4 Å². The predicted octanol–water partition coefficient (Wildman–Crippen LogP) is 1.01. The molecule has 1 aliphatic rings. The van der Waals surface area contributed by atoms with Crippen LogP contribution in [0.25, 0.3) is 6.08 Å². The molecule has 1 aromatic rings. The number of hydrogen-bond donors (Lipinski definition) is 2. The Morgan fingerprint density at radius 1 is 1.32 bits per heavy atom. The van der Waals surface area contributed by atoms with Crippen molar-refractivity contribution in [3.8, 4) is 0 Å². The van der Waals surface area contributed by atoms with Gasteiger partial charge in [0.15, 0.2) is 0 Å². The predicted molar refractivity (Wildman–Crippen MR) is 84.0 cm³/mol. The molecule has 0 spiro atoms. The van der Waals surface area contributed by atoms with Gasteiger partial charge in [-0.3, -0.25) is 14.4 Å². The molecule has 3 amide bonds. The van der Waals surface area contributed by atoms with Gasteiger partial charge < -0.3 is 15.5 Å². The second kappa shape index (κ2) is 6.89. The molecule has 1 aliphatic heterocycles. The summed E-state index contributed by atoms with van der Waals surface area (Å²) in [4.78, 5) is 36.2. The molecular weight excluding hydrogens is 282 g/mol. The number of piperazine rings is 1. The maximum Gasteiger partial charge on any atom is 0.247 e. The lowest BCUT2D eigenvalue weighted by Crippen LogP contribution is -2.55. The van der Waals surface area contributed by atoms with E-state index in [-0.39, 0.29) is 17.7 Å². The first-order valence-corrected chi connectivity index (χ1v) is 7.11. The monoisotopic (exact) mass is 301 g/mol. The van der Waals surface area contributed by atoms with E-state index in [0.29, 0.717) is 18.8 Å². The molecule has 1 saturated heterocycles. The Kier molecular flexibility index (Phi) is 4.93. The summed E-state index contributed by atoms with van der Waals surface area (Å²) in [6.07, 6.45) is 3.15. The molecule has 0 radical (unpaired) electrons. The summed E-state index contributed by atoms with van der Waals surface area (Å²) >= 11 is 0. The van der Waals surface area contributed by atoms with Crippen LogP contribution in [-0.4, -0.2) is 41.8 Å². The van der Waals surface area contributed by atoms with Crippen LogP contribution in [0.15, 0.2) is 30.3 Å². The van der Waals surface area contributed by atoms with E-state index in [4.69, 9.17) is 0 Å². The third-order valence-corrected chi connectivity index (χ3v) is 3.43. The zero-order valence-corrected chi connectivity index (χ0v) is 12.6. The fourth-order valence-corrected chi connectivity index (χ4v) is 2.23. The second-order valence-corrected chi connectivity index (χ2v) is 5.14. The van der Waals surface area contributed by atoms with Gasteiger partial charge in [0.2, 0.25) is 17.7 Å². The summed E-state index contributed by atoms with van der Waals surface area (Å²) < 4.78 is 0. The summed E-state index contributed by atoms with van der Waals surface area (Å²) in [5.41, 5.74) is 1.55. The largest absolute Gasteiger partial charge is 0.353 e. The van der Waals surface area contributed by atoms with Crippen LogP contribution in [0.2, 0.25) is 0 Å². The molecule has 22 heavy (non-hydrogen) atoms. The summed E-state index contributed by atoms with van der Waals surface area (Å²) in [6.45, 7) is 4.15. The van der Waals surface area contributed by atoms with Crippen LogP contribution < -0.4 is 10.6 Å². The van der Waals surface area contributed by atoms with Crippen LogP contribution >= 0.6 is 0 Å². The Morgan fingerprint density at radius 2 is 2.00 bits per heavy atom. The lowest BCUT2D eigenvalue weighted by atomic mass is 10.1. The van der Waals surface area contributed by atoms with E-state index in [1.165, 1.54) is 13.0 Å². The van der Waals surface area contributed by atoms with Gasteiger partial charge in [-0.2, -0.15) is 0 Å². The maximum atomic E-state index is 12.1. The summed E-state index contributed by atoms with van der Waals surface area (Å²) in [5.74, 6) is -0.447. The molecule has 6 heteroatoms. The average molecular weight is 301 g/mol. The lowest BCUT2D eigenvalue weighted by Gasteiger charge is -2.31. The van der Waals surface area contributed by atoms with E-state index in [0.717, 1.165) is 5.56 Å². The number of hydrogen-bond acceptors (Lipinski definition) is 3. The molecule has 0 saturated carbocycles. The number of rotatable bonds is 3. The topological polar surface area (TPSA) is 78.5 Å². The highest BCUT2D eigenvalue weighted by molar-refractivity contribution is 5.96. The number of benzene rings is 1. The van der Waals surface area contributed by atoms with Gasteiger partial charge in [-0.05, 0) is 30.7 Å². The molecule has 1 fully saturated rings. The van der Waals surface area contributed by atoms with Crippen LogP contribution in [0.4, 0.5) is 5.69 Å². The van der Waals surface area contributed by atoms with E-state index in [9.17, 15) is 14.4 Å². The van der Waals surface area contributed by atoms with Crippen LogP contribution in [0, 0.1) is 0 Å². The van der Waals surface area contributed by atoms with Gasteiger partial charge in [0, 0.05) is 31.8 Å². The van der Waals surface area contributed by atoms with Crippen molar-refractivity contribution in [2.24, 2.45) is 0 Å². The second-order valence-electron chi connectivity index (χ2n) is 5.14.